The molecule has 1 heterocycles. The van der Waals surface area contributed by atoms with E-state index >= 15 is 0 Å². The van der Waals surface area contributed by atoms with Gasteiger partial charge in [-0.1, -0.05) is 0 Å². The summed E-state index contributed by atoms with van der Waals surface area (Å²) in [6.07, 6.45) is 1.12. The van der Waals surface area contributed by atoms with Crippen molar-refractivity contribution in [1.82, 2.24) is 5.43 Å². The lowest BCUT2D eigenvalue weighted by atomic mass is 10.2. The van der Waals surface area contributed by atoms with Gasteiger partial charge in [0.05, 0.1) is 11.1 Å². The number of fused-ring (bicyclic) bond motifs is 1. The molecular weight excluding hydrogens is 330 g/mol. The molecule has 0 unspecified atom stereocenters. The van der Waals surface area contributed by atoms with Crippen molar-refractivity contribution >= 4 is 17.8 Å². The van der Waals surface area contributed by atoms with Crippen LogP contribution in [0.4, 0.5) is 5.69 Å². The fourth-order valence-electron chi connectivity index (χ4n) is 2.17. The number of non-ortho nitro benzene ring substituents is 1. The second-order valence-corrected chi connectivity index (χ2v) is 5.06. The molecule has 0 saturated carbocycles. The van der Waals surface area contributed by atoms with E-state index in [1.807, 2.05) is 0 Å². The van der Waals surface area contributed by atoms with Crippen LogP contribution in [0.2, 0.25) is 0 Å². The van der Waals surface area contributed by atoms with Crippen molar-refractivity contribution in [2.24, 2.45) is 5.10 Å². The van der Waals surface area contributed by atoms with Gasteiger partial charge in [0.1, 0.15) is 19.0 Å². The zero-order valence-electron chi connectivity index (χ0n) is 12.8. The SMILES string of the molecule is O=C(N/N=C/c1cc([N+](=O)[O-])ccc1O)c1ccc2c(c1)OCCO2. The van der Waals surface area contributed by atoms with Crippen LogP contribution >= 0.6 is 0 Å². The second kappa shape index (κ2) is 6.87. The normalized spacial score (nSPS) is 12.8. The summed E-state index contributed by atoms with van der Waals surface area (Å²) >= 11 is 0. The van der Waals surface area contributed by atoms with E-state index in [9.17, 15) is 20.0 Å². The molecular formula is C16H13N3O6. The van der Waals surface area contributed by atoms with Gasteiger partial charge in [-0.3, -0.25) is 14.9 Å². The van der Waals surface area contributed by atoms with E-state index in [0.29, 0.717) is 30.3 Å². The van der Waals surface area contributed by atoms with Crippen LogP contribution in [0.25, 0.3) is 0 Å². The molecule has 25 heavy (non-hydrogen) atoms. The summed E-state index contributed by atoms with van der Waals surface area (Å²) in [5.41, 5.74) is 2.50. The van der Waals surface area contributed by atoms with Crippen LogP contribution in [-0.2, 0) is 0 Å². The summed E-state index contributed by atoms with van der Waals surface area (Å²) in [7, 11) is 0. The van der Waals surface area contributed by atoms with Crippen molar-refractivity contribution in [1.29, 1.82) is 0 Å². The number of hydrazone groups is 1. The van der Waals surface area contributed by atoms with Gasteiger partial charge in [-0.2, -0.15) is 5.10 Å². The number of phenolic OH excluding ortho intramolecular Hbond substituents is 1. The first-order valence-corrected chi connectivity index (χ1v) is 7.25. The van der Waals surface area contributed by atoms with Crippen LogP contribution in [0.15, 0.2) is 41.5 Å². The minimum absolute atomic E-state index is 0.108. The lowest BCUT2D eigenvalue weighted by Crippen LogP contribution is -2.19. The third-order valence-electron chi connectivity index (χ3n) is 3.40. The van der Waals surface area contributed by atoms with Gasteiger partial charge in [0.2, 0.25) is 0 Å². The summed E-state index contributed by atoms with van der Waals surface area (Å²) in [5, 5.41) is 24.1. The quantitative estimate of drug-likeness (QED) is 0.496. The van der Waals surface area contributed by atoms with Crippen molar-refractivity contribution in [3.05, 3.63) is 57.6 Å². The van der Waals surface area contributed by atoms with Crippen molar-refractivity contribution < 1.29 is 24.3 Å². The Morgan fingerprint density at radius 3 is 2.72 bits per heavy atom. The molecule has 0 saturated heterocycles. The average Bonchev–Trinajstić information content (AvgIpc) is 2.62. The first-order valence-electron chi connectivity index (χ1n) is 7.25. The highest BCUT2D eigenvalue weighted by Crippen LogP contribution is 2.30. The van der Waals surface area contributed by atoms with Crippen molar-refractivity contribution in [3.8, 4) is 17.2 Å². The highest BCUT2D eigenvalue weighted by molar-refractivity contribution is 5.95. The molecule has 9 nitrogen and oxygen atoms in total. The van der Waals surface area contributed by atoms with Crippen molar-refractivity contribution in [2.75, 3.05) is 13.2 Å². The maximum atomic E-state index is 12.1. The zero-order valence-corrected chi connectivity index (χ0v) is 12.8. The molecule has 2 N–H and O–H groups in total. The molecule has 0 spiro atoms. The summed E-state index contributed by atoms with van der Waals surface area (Å²) in [5.74, 6) is 0.341. The maximum Gasteiger partial charge on any atom is 0.271 e. The number of rotatable bonds is 4. The number of nitro groups is 1. The predicted octanol–water partition coefficient (Wildman–Crippen LogP) is 1.84. The van der Waals surface area contributed by atoms with Gasteiger partial charge in [-0.25, -0.2) is 5.43 Å². The van der Waals surface area contributed by atoms with Crippen LogP contribution in [0.5, 0.6) is 17.2 Å². The lowest BCUT2D eigenvalue weighted by molar-refractivity contribution is -0.384. The molecule has 0 bridgehead atoms. The molecule has 1 amide bonds. The van der Waals surface area contributed by atoms with Gasteiger partial charge in [0, 0.05) is 23.3 Å². The number of amides is 1. The third-order valence-corrected chi connectivity index (χ3v) is 3.40. The Bertz CT molecular complexity index is 865. The number of hydrogen-bond donors (Lipinski definition) is 2. The molecule has 2 aromatic carbocycles. The topological polar surface area (TPSA) is 123 Å². The monoisotopic (exact) mass is 343 g/mol. The molecule has 2 aromatic rings. The minimum atomic E-state index is -0.593. The summed E-state index contributed by atoms with van der Waals surface area (Å²) in [6, 6.07) is 8.21. The Morgan fingerprint density at radius 1 is 1.20 bits per heavy atom. The fraction of sp³-hybridized carbons (Fsp3) is 0.125. The van der Waals surface area contributed by atoms with Crippen molar-refractivity contribution in [2.45, 2.75) is 0 Å². The largest absolute Gasteiger partial charge is 0.507 e. The van der Waals surface area contributed by atoms with Gasteiger partial charge in [-0.15, -0.1) is 0 Å². The van der Waals surface area contributed by atoms with E-state index in [0.717, 1.165) is 12.3 Å². The standard InChI is InChI=1S/C16H13N3O6/c20-13-3-2-12(19(22)23)7-11(13)9-17-18-16(21)10-1-4-14-15(8-10)25-6-5-24-14/h1-4,7-9,20H,5-6H2,(H,18,21)/b17-9+. The number of nitrogens with zero attached hydrogens (tertiary/aromatic N) is 2. The Kier molecular flexibility index (Phi) is 4.46. The number of aromatic hydroxyl groups is 1. The van der Waals surface area contributed by atoms with E-state index < -0.39 is 10.8 Å². The minimum Gasteiger partial charge on any atom is -0.507 e. The van der Waals surface area contributed by atoms with Gasteiger partial charge < -0.3 is 14.6 Å². The molecule has 9 heteroatoms. The van der Waals surface area contributed by atoms with E-state index in [2.05, 4.69) is 10.5 Å². The highest BCUT2D eigenvalue weighted by Gasteiger charge is 2.14. The Hall–Kier alpha value is -3.62. The molecule has 0 aliphatic carbocycles. The molecule has 1 aliphatic rings. The van der Waals surface area contributed by atoms with E-state index in [1.54, 1.807) is 12.1 Å². The van der Waals surface area contributed by atoms with Gasteiger partial charge in [-0.05, 0) is 24.3 Å². The number of benzene rings is 2. The van der Waals surface area contributed by atoms with Crippen LogP contribution in [0.1, 0.15) is 15.9 Å². The van der Waals surface area contributed by atoms with Gasteiger partial charge >= 0.3 is 0 Å². The Morgan fingerprint density at radius 2 is 1.96 bits per heavy atom. The Labute approximate surface area is 141 Å². The number of hydrogen-bond acceptors (Lipinski definition) is 7. The van der Waals surface area contributed by atoms with E-state index in [-0.39, 0.29) is 17.0 Å². The molecule has 0 radical (unpaired) electrons. The van der Waals surface area contributed by atoms with Gasteiger partial charge in [0.25, 0.3) is 11.6 Å². The number of phenols is 1. The highest BCUT2D eigenvalue weighted by atomic mass is 16.6. The number of nitro benzene ring substituents is 1. The molecule has 128 valence electrons. The van der Waals surface area contributed by atoms with Crippen LogP contribution < -0.4 is 14.9 Å². The van der Waals surface area contributed by atoms with Crippen molar-refractivity contribution in [3.63, 3.8) is 0 Å². The zero-order chi connectivity index (χ0) is 17.8. The van der Waals surface area contributed by atoms with E-state index in [4.69, 9.17) is 9.47 Å². The number of nitrogens with one attached hydrogen (secondary N) is 1. The fourth-order valence-corrected chi connectivity index (χ4v) is 2.17. The molecule has 0 atom stereocenters. The van der Waals surface area contributed by atoms with Gasteiger partial charge in [0.15, 0.2) is 11.5 Å². The first-order chi connectivity index (χ1) is 12.0. The number of carbonyl (C=O) groups is 1. The lowest BCUT2D eigenvalue weighted by Gasteiger charge is -2.18. The average molecular weight is 343 g/mol. The summed E-state index contributed by atoms with van der Waals surface area (Å²) < 4.78 is 10.8. The second-order valence-electron chi connectivity index (χ2n) is 5.06. The molecule has 3 rings (SSSR count). The number of carbonyl (C=O) groups excluding carboxylic acids is 1. The van der Waals surface area contributed by atoms with Crippen LogP contribution in [-0.4, -0.2) is 35.4 Å². The summed E-state index contributed by atoms with van der Waals surface area (Å²) in [6.45, 7) is 0.859. The predicted molar refractivity (Wildman–Crippen MR) is 87.3 cm³/mol. The first kappa shape index (κ1) is 16.2. The summed E-state index contributed by atoms with van der Waals surface area (Å²) in [4.78, 5) is 22.2. The molecule has 0 fully saturated rings. The maximum absolute atomic E-state index is 12.1. The molecule has 0 aromatic heterocycles. The van der Waals surface area contributed by atoms with Crippen LogP contribution in [0.3, 0.4) is 0 Å². The van der Waals surface area contributed by atoms with E-state index in [1.165, 1.54) is 18.2 Å². The molecule has 1 aliphatic heterocycles. The third kappa shape index (κ3) is 3.66. The smallest absolute Gasteiger partial charge is 0.271 e. The Balaban J connectivity index is 1.71. The van der Waals surface area contributed by atoms with Crippen LogP contribution in [0, 0.1) is 10.1 Å². The number of ether oxygens (including phenoxy) is 2.